The topological polar surface area (TPSA) is 118 Å². The molecule has 32 heavy (non-hydrogen) atoms. The summed E-state index contributed by atoms with van der Waals surface area (Å²) < 4.78 is 11.0. The van der Waals surface area contributed by atoms with Gasteiger partial charge in [0.05, 0.1) is 12.8 Å². The normalized spacial score (nSPS) is 11.5. The minimum atomic E-state index is -0.866. The lowest BCUT2D eigenvalue weighted by Gasteiger charge is -2.10. The lowest BCUT2D eigenvalue weighted by Crippen LogP contribution is -2.41. The van der Waals surface area contributed by atoms with Crippen LogP contribution in [0.15, 0.2) is 53.6 Å². The van der Waals surface area contributed by atoms with E-state index >= 15 is 0 Å². The number of benzene rings is 2. The first-order valence-corrected chi connectivity index (χ1v) is 10.3. The van der Waals surface area contributed by atoms with E-state index in [4.69, 9.17) is 9.47 Å². The van der Waals surface area contributed by atoms with Crippen molar-refractivity contribution in [3.63, 3.8) is 0 Å². The Morgan fingerprint density at radius 1 is 1.00 bits per heavy atom. The van der Waals surface area contributed by atoms with Crippen LogP contribution in [0.2, 0.25) is 0 Å². The number of nitrogens with zero attached hydrogens (tertiary/aromatic N) is 1. The maximum atomic E-state index is 12.2. The molecule has 0 aliphatic carbocycles. The smallest absolute Gasteiger partial charge is 0.329 e. The number of hydrazone groups is 1. The van der Waals surface area contributed by atoms with Crippen molar-refractivity contribution in [2.75, 3.05) is 18.5 Å². The molecule has 1 atom stereocenters. The maximum absolute atomic E-state index is 12.2. The van der Waals surface area contributed by atoms with E-state index in [2.05, 4.69) is 21.2 Å². The number of ether oxygens (including phenoxy) is 2. The fourth-order valence-electron chi connectivity index (χ4n) is 2.46. The molecule has 0 unspecified atom stereocenters. The van der Waals surface area contributed by atoms with Crippen molar-refractivity contribution in [3.05, 3.63) is 54.1 Å². The zero-order valence-electron chi connectivity index (χ0n) is 18.4. The number of carbonyl (C=O) groups is 3. The molecular formula is C23H28N4O5. The zero-order chi connectivity index (χ0) is 23.3. The Morgan fingerprint density at radius 2 is 1.72 bits per heavy atom. The number of hydrogen-bond acceptors (Lipinski definition) is 6. The largest absolute Gasteiger partial charge is 0.494 e. The van der Waals surface area contributed by atoms with Crippen LogP contribution in [-0.2, 0) is 14.4 Å². The van der Waals surface area contributed by atoms with Crippen LogP contribution in [0.25, 0.3) is 0 Å². The molecule has 0 saturated heterocycles. The molecule has 0 saturated carbocycles. The number of amides is 3. The molecule has 2 aromatic rings. The monoisotopic (exact) mass is 440 g/mol. The average molecular weight is 441 g/mol. The highest BCUT2D eigenvalue weighted by Crippen LogP contribution is 2.17. The van der Waals surface area contributed by atoms with E-state index in [1.165, 1.54) is 6.21 Å². The molecule has 0 fully saturated rings. The Balaban J connectivity index is 1.88. The molecule has 3 N–H and O–H groups in total. The predicted molar refractivity (Wildman–Crippen MR) is 122 cm³/mol. The highest BCUT2D eigenvalue weighted by molar-refractivity contribution is 6.35. The number of anilines is 1. The van der Waals surface area contributed by atoms with E-state index in [0.717, 1.165) is 5.75 Å². The third-order valence-electron chi connectivity index (χ3n) is 4.29. The van der Waals surface area contributed by atoms with Crippen LogP contribution in [0.4, 0.5) is 5.69 Å². The van der Waals surface area contributed by atoms with Crippen LogP contribution in [0.5, 0.6) is 11.5 Å². The SMILES string of the molecule is CCOc1ccc(NC(=O)COc2ccccc2/C=N\NC(=O)C(=O)N[C@H](C)CC)cc1. The summed E-state index contributed by atoms with van der Waals surface area (Å²) in [6.45, 7) is 5.94. The molecule has 0 aliphatic rings. The minimum absolute atomic E-state index is 0.111. The van der Waals surface area contributed by atoms with Gasteiger partial charge in [-0.3, -0.25) is 14.4 Å². The molecule has 2 rings (SSSR count). The van der Waals surface area contributed by atoms with Gasteiger partial charge < -0.3 is 20.1 Å². The first-order chi connectivity index (χ1) is 15.4. The van der Waals surface area contributed by atoms with Crippen LogP contribution in [-0.4, -0.2) is 43.2 Å². The number of carbonyl (C=O) groups excluding carboxylic acids is 3. The van der Waals surface area contributed by atoms with Crippen LogP contribution in [0.1, 0.15) is 32.8 Å². The zero-order valence-corrected chi connectivity index (χ0v) is 18.4. The second kappa shape index (κ2) is 12.7. The van der Waals surface area contributed by atoms with Gasteiger partial charge in [0.1, 0.15) is 11.5 Å². The van der Waals surface area contributed by atoms with Crippen LogP contribution < -0.4 is 25.5 Å². The van der Waals surface area contributed by atoms with Gasteiger partial charge in [-0.2, -0.15) is 5.10 Å². The molecule has 2 aromatic carbocycles. The quantitative estimate of drug-likeness (QED) is 0.298. The Morgan fingerprint density at radius 3 is 2.41 bits per heavy atom. The van der Waals surface area contributed by atoms with Crippen molar-refractivity contribution in [2.24, 2.45) is 5.10 Å². The fraction of sp³-hybridized carbons (Fsp3) is 0.304. The van der Waals surface area contributed by atoms with E-state index in [0.29, 0.717) is 30.0 Å². The fourth-order valence-corrected chi connectivity index (χ4v) is 2.46. The predicted octanol–water partition coefficient (Wildman–Crippen LogP) is 2.47. The van der Waals surface area contributed by atoms with Crippen molar-refractivity contribution in [2.45, 2.75) is 33.2 Å². The highest BCUT2D eigenvalue weighted by Gasteiger charge is 2.14. The molecule has 9 nitrogen and oxygen atoms in total. The highest BCUT2D eigenvalue weighted by atomic mass is 16.5. The molecule has 3 amide bonds. The molecule has 9 heteroatoms. The van der Waals surface area contributed by atoms with E-state index in [1.807, 2.05) is 13.8 Å². The number of hydrogen-bond donors (Lipinski definition) is 3. The summed E-state index contributed by atoms with van der Waals surface area (Å²) in [5, 5.41) is 9.08. The summed E-state index contributed by atoms with van der Waals surface area (Å²) in [6, 6.07) is 13.8. The van der Waals surface area contributed by atoms with Gasteiger partial charge >= 0.3 is 11.8 Å². The lowest BCUT2D eigenvalue weighted by atomic mass is 10.2. The summed E-state index contributed by atoms with van der Waals surface area (Å²) in [5.74, 6) is -0.839. The Bertz CT molecular complexity index is 944. The minimum Gasteiger partial charge on any atom is -0.494 e. The number of para-hydroxylation sites is 1. The van der Waals surface area contributed by atoms with Gasteiger partial charge in [0, 0.05) is 17.3 Å². The van der Waals surface area contributed by atoms with Crippen molar-refractivity contribution >= 4 is 29.6 Å². The molecule has 0 aromatic heterocycles. The van der Waals surface area contributed by atoms with E-state index < -0.39 is 11.8 Å². The third kappa shape index (κ3) is 8.10. The third-order valence-corrected chi connectivity index (χ3v) is 4.29. The summed E-state index contributed by atoms with van der Waals surface area (Å²) in [4.78, 5) is 35.7. The number of nitrogens with one attached hydrogen (secondary N) is 3. The van der Waals surface area contributed by atoms with Crippen molar-refractivity contribution in [1.29, 1.82) is 0 Å². The summed E-state index contributed by atoms with van der Waals surface area (Å²) in [7, 11) is 0. The second-order valence-corrected chi connectivity index (χ2v) is 6.81. The maximum Gasteiger partial charge on any atom is 0.329 e. The summed E-state index contributed by atoms with van der Waals surface area (Å²) in [5.41, 5.74) is 3.32. The molecular weight excluding hydrogens is 412 g/mol. The van der Waals surface area contributed by atoms with Gasteiger partial charge in [-0.05, 0) is 56.7 Å². The van der Waals surface area contributed by atoms with Crippen LogP contribution in [0.3, 0.4) is 0 Å². The standard InChI is InChI=1S/C23H28N4O5/c1-4-16(3)25-22(29)23(30)27-24-14-17-8-6-7-9-20(17)32-15-21(28)26-18-10-12-19(13-11-18)31-5-2/h6-14,16H,4-5,15H2,1-3H3,(H,25,29)(H,26,28)(H,27,30)/b24-14-/t16-/m1/s1. The summed E-state index contributed by atoms with van der Waals surface area (Å²) in [6.07, 6.45) is 2.05. The first-order valence-electron chi connectivity index (χ1n) is 10.3. The lowest BCUT2D eigenvalue weighted by molar-refractivity contribution is -0.139. The van der Waals surface area contributed by atoms with Gasteiger partial charge in [-0.1, -0.05) is 19.1 Å². The molecule has 0 aliphatic heterocycles. The molecule has 170 valence electrons. The van der Waals surface area contributed by atoms with Crippen molar-refractivity contribution in [3.8, 4) is 11.5 Å². The van der Waals surface area contributed by atoms with Gasteiger partial charge in [0.25, 0.3) is 5.91 Å². The van der Waals surface area contributed by atoms with Crippen LogP contribution >= 0.6 is 0 Å². The Labute approximate surface area is 187 Å². The van der Waals surface area contributed by atoms with Gasteiger partial charge in [0.15, 0.2) is 6.61 Å². The Hall–Kier alpha value is -3.88. The molecule has 0 spiro atoms. The molecule has 0 bridgehead atoms. The second-order valence-electron chi connectivity index (χ2n) is 6.81. The Kier molecular flexibility index (Phi) is 9.70. The average Bonchev–Trinajstić information content (AvgIpc) is 2.79. The number of rotatable bonds is 10. The molecule has 0 heterocycles. The van der Waals surface area contributed by atoms with Crippen LogP contribution in [0, 0.1) is 0 Å². The van der Waals surface area contributed by atoms with E-state index in [-0.39, 0.29) is 18.6 Å². The summed E-state index contributed by atoms with van der Waals surface area (Å²) >= 11 is 0. The molecule has 0 radical (unpaired) electrons. The van der Waals surface area contributed by atoms with Gasteiger partial charge in [-0.25, -0.2) is 5.43 Å². The van der Waals surface area contributed by atoms with Gasteiger partial charge in [-0.15, -0.1) is 0 Å². The van der Waals surface area contributed by atoms with E-state index in [1.54, 1.807) is 55.5 Å². The van der Waals surface area contributed by atoms with E-state index in [9.17, 15) is 14.4 Å². The van der Waals surface area contributed by atoms with Crippen molar-refractivity contribution < 1.29 is 23.9 Å². The van der Waals surface area contributed by atoms with Crippen molar-refractivity contribution in [1.82, 2.24) is 10.7 Å². The first kappa shape index (κ1) is 24.4. The van der Waals surface area contributed by atoms with Gasteiger partial charge in [0.2, 0.25) is 0 Å².